The zero-order valence-corrected chi connectivity index (χ0v) is 9.71. The summed E-state index contributed by atoms with van der Waals surface area (Å²) in [5, 5.41) is 0. The molecule has 0 aromatic heterocycles. The van der Waals surface area contributed by atoms with Crippen LogP contribution in [0.2, 0.25) is 0 Å². The van der Waals surface area contributed by atoms with Gasteiger partial charge < -0.3 is 4.90 Å². The molecule has 0 amide bonds. The summed E-state index contributed by atoms with van der Waals surface area (Å²) in [6.45, 7) is 11.9. The van der Waals surface area contributed by atoms with Crippen molar-refractivity contribution in [3.05, 3.63) is 0 Å². The largest absolute Gasteiger partial charge is 0.301 e. The molecule has 13 heavy (non-hydrogen) atoms. The van der Waals surface area contributed by atoms with Crippen molar-refractivity contribution in [2.24, 2.45) is 11.8 Å². The van der Waals surface area contributed by atoms with Crippen LogP contribution in [0.5, 0.6) is 0 Å². The summed E-state index contributed by atoms with van der Waals surface area (Å²) in [6, 6.07) is 0.736. The van der Waals surface area contributed by atoms with E-state index in [-0.39, 0.29) is 0 Å². The molecule has 1 fully saturated rings. The minimum Gasteiger partial charge on any atom is -0.301 e. The van der Waals surface area contributed by atoms with Crippen molar-refractivity contribution in [3.8, 4) is 0 Å². The molecule has 0 unspecified atom stereocenters. The number of rotatable bonds is 6. The number of nitrogens with zero attached hydrogens (tertiary/aromatic N) is 1. The first-order valence-electron chi connectivity index (χ1n) is 5.83. The molecule has 0 heterocycles. The van der Waals surface area contributed by atoms with Crippen molar-refractivity contribution in [3.63, 3.8) is 0 Å². The van der Waals surface area contributed by atoms with Crippen LogP contribution >= 0.6 is 0 Å². The van der Waals surface area contributed by atoms with Crippen molar-refractivity contribution in [2.45, 2.75) is 53.0 Å². The lowest BCUT2D eigenvalue weighted by atomic mass is 10.1. The molecule has 0 radical (unpaired) electrons. The molecule has 0 bridgehead atoms. The fourth-order valence-electron chi connectivity index (χ4n) is 1.62. The molecule has 1 aliphatic rings. The molecule has 1 nitrogen and oxygen atoms in total. The predicted octanol–water partition coefficient (Wildman–Crippen LogP) is 3.15. The van der Waals surface area contributed by atoms with Crippen LogP contribution in [0.4, 0.5) is 0 Å². The topological polar surface area (TPSA) is 3.24 Å². The lowest BCUT2D eigenvalue weighted by molar-refractivity contribution is 0.201. The van der Waals surface area contributed by atoms with E-state index in [9.17, 15) is 0 Å². The van der Waals surface area contributed by atoms with Crippen LogP contribution < -0.4 is 0 Å². The summed E-state index contributed by atoms with van der Waals surface area (Å²) in [4.78, 5) is 2.65. The van der Waals surface area contributed by atoms with Gasteiger partial charge >= 0.3 is 0 Å². The first-order valence-corrected chi connectivity index (χ1v) is 5.83. The average molecular weight is 183 g/mol. The van der Waals surface area contributed by atoms with Gasteiger partial charge in [0, 0.05) is 12.6 Å². The maximum absolute atomic E-state index is 2.65. The van der Waals surface area contributed by atoms with E-state index in [0.29, 0.717) is 0 Å². The van der Waals surface area contributed by atoms with Crippen molar-refractivity contribution < 1.29 is 0 Å². The third kappa shape index (κ3) is 4.66. The van der Waals surface area contributed by atoms with Crippen molar-refractivity contribution in [2.75, 3.05) is 13.1 Å². The summed E-state index contributed by atoms with van der Waals surface area (Å²) in [5.74, 6) is 1.88. The minimum atomic E-state index is 0.736. The molecule has 1 rings (SSSR count). The second kappa shape index (κ2) is 4.99. The molecule has 0 saturated heterocycles. The highest BCUT2D eigenvalue weighted by Crippen LogP contribution is 2.30. The Kier molecular flexibility index (Phi) is 4.24. The number of hydrogen-bond acceptors (Lipinski definition) is 1. The van der Waals surface area contributed by atoms with Gasteiger partial charge in [0.15, 0.2) is 0 Å². The summed E-state index contributed by atoms with van der Waals surface area (Å²) in [7, 11) is 0. The standard InChI is InChI=1S/C12H25N/c1-10(2)7-8-13(11(3)4)9-12-5-6-12/h10-12H,5-9H2,1-4H3. The first kappa shape index (κ1) is 11.0. The van der Waals surface area contributed by atoms with Crippen LogP contribution in [0.15, 0.2) is 0 Å². The molecule has 0 N–H and O–H groups in total. The van der Waals surface area contributed by atoms with Gasteiger partial charge in [-0.25, -0.2) is 0 Å². The van der Waals surface area contributed by atoms with E-state index in [0.717, 1.165) is 17.9 Å². The molecular formula is C12H25N. The van der Waals surface area contributed by atoms with E-state index in [1.54, 1.807) is 0 Å². The Labute approximate surface area is 83.5 Å². The molecule has 1 aliphatic carbocycles. The highest BCUT2D eigenvalue weighted by Gasteiger charge is 2.25. The maximum Gasteiger partial charge on any atom is 0.00387 e. The molecule has 0 aromatic carbocycles. The lowest BCUT2D eigenvalue weighted by Crippen LogP contribution is -2.34. The van der Waals surface area contributed by atoms with Gasteiger partial charge in [-0.3, -0.25) is 0 Å². The molecule has 1 heteroatoms. The zero-order chi connectivity index (χ0) is 9.84. The highest BCUT2D eigenvalue weighted by atomic mass is 15.1. The molecule has 1 saturated carbocycles. The van der Waals surface area contributed by atoms with E-state index in [4.69, 9.17) is 0 Å². The summed E-state index contributed by atoms with van der Waals surface area (Å²) >= 11 is 0. The van der Waals surface area contributed by atoms with Crippen LogP contribution in [0.25, 0.3) is 0 Å². The van der Waals surface area contributed by atoms with Crippen molar-refractivity contribution in [1.82, 2.24) is 4.90 Å². The van der Waals surface area contributed by atoms with Gasteiger partial charge in [0.2, 0.25) is 0 Å². The van der Waals surface area contributed by atoms with E-state index >= 15 is 0 Å². The Morgan fingerprint density at radius 3 is 2.15 bits per heavy atom. The Morgan fingerprint density at radius 2 is 1.77 bits per heavy atom. The Bertz CT molecular complexity index is 136. The van der Waals surface area contributed by atoms with Gasteiger partial charge in [-0.1, -0.05) is 13.8 Å². The van der Waals surface area contributed by atoms with Crippen LogP contribution in [-0.4, -0.2) is 24.0 Å². The van der Waals surface area contributed by atoms with E-state index in [2.05, 4.69) is 32.6 Å². The molecule has 0 spiro atoms. The summed E-state index contributed by atoms with van der Waals surface area (Å²) in [6.07, 6.45) is 4.31. The van der Waals surface area contributed by atoms with Crippen LogP contribution in [-0.2, 0) is 0 Å². The Hall–Kier alpha value is -0.0400. The molecule has 0 aromatic rings. The van der Waals surface area contributed by atoms with E-state index in [1.807, 2.05) is 0 Å². The summed E-state index contributed by atoms with van der Waals surface area (Å²) < 4.78 is 0. The van der Waals surface area contributed by atoms with Gasteiger partial charge in [-0.15, -0.1) is 0 Å². The second-order valence-electron chi connectivity index (χ2n) is 5.21. The Balaban J connectivity index is 2.20. The lowest BCUT2D eigenvalue weighted by Gasteiger charge is -2.27. The van der Waals surface area contributed by atoms with E-state index in [1.165, 1.54) is 32.4 Å². The monoisotopic (exact) mass is 183 g/mol. The van der Waals surface area contributed by atoms with Crippen molar-refractivity contribution >= 4 is 0 Å². The first-order chi connectivity index (χ1) is 6.09. The Morgan fingerprint density at radius 1 is 1.15 bits per heavy atom. The van der Waals surface area contributed by atoms with Crippen LogP contribution in [0.1, 0.15) is 47.0 Å². The summed E-state index contributed by atoms with van der Waals surface area (Å²) in [5.41, 5.74) is 0. The molecular weight excluding hydrogens is 158 g/mol. The van der Waals surface area contributed by atoms with Crippen LogP contribution in [0, 0.1) is 11.8 Å². The fourth-order valence-corrected chi connectivity index (χ4v) is 1.62. The van der Waals surface area contributed by atoms with Gasteiger partial charge in [0.1, 0.15) is 0 Å². The third-order valence-corrected chi connectivity index (χ3v) is 2.91. The fraction of sp³-hybridized carbons (Fsp3) is 1.00. The third-order valence-electron chi connectivity index (χ3n) is 2.91. The molecule has 0 aliphatic heterocycles. The van der Waals surface area contributed by atoms with Gasteiger partial charge in [-0.05, 0) is 51.5 Å². The van der Waals surface area contributed by atoms with Crippen LogP contribution in [0.3, 0.4) is 0 Å². The SMILES string of the molecule is CC(C)CCN(CC1CC1)C(C)C. The van der Waals surface area contributed by atoms with Crippen molar-refractivity contribution in [1.29, 1.82) is 0 Å². The normalized spacial score (nSPS) is 17.8. The smallest absolute Gasteiger partial charge is 0.00387 e. The van der Waals surface area contributed by atoms with E-state index < -0.39 is 0 Å². The van der Waals surface area contributed by atoms with Gasteiger partial charge in [0.05, 0.1) is 0 Å². The predicted molar refractivity (Wildman–Crippen MR) is 58.9 cm³/mol. The maximum atomic E-state index is 2.65. The van der Waals surface area contributed by atoms with Gasteiger partial charge in [0.25, 0.3) is 0 Å². The molecule has 78 valence electrons. The quantitative estimate of drug-likeness (QED) is 0.611. The average Bonchev–Trinajstić information content (AvgIpc) is 2.80. The van der Waals surface area contributed by atoms with Gasteiger partial charge in [-0.2, -0.15) is 0 Å². The molecule has 0 atom stereocenters. The highest BCUT2D eigenvalue weighted by molar-refractivity contribution is 4.78. The zero-order valence-electron chi connectivity index (χ0n) is 9.71. The second-order valence-corrected chi connectivity index (χ2v) is 5.21. The number of hydrogen-bond donors (Lipinski definition) is 0. The minimum absolute atomic E-state index is 0.736.